The summed E-state index contributed by atoms with van der Waals surface area (Å²) in [5.41, 5.74) is 0. The van der Waals surface area contributed by atoms with Crippen LogP contribution in [0.5, 0.6) is 0 Å². The fraction of sp³-hybridized carbons (Fsp3) is 1.00. The van der Waals surface area contributed by atoms with Gasteiger partial charge in [0.25, 0.3) is 0 Å². The van der Waals surface area contributed by atoms with Crippen molar-refractivity contribution in [2.75, 3.05) is 26.4 Å². The Balaban J connectivity index is 1.74. The fourth-order valence-corrected chi connectivity index (χ4v) is 3.21. The lowest BCUT2D eigenvalue weighted by Gasteiger charge is -2.26. The molecule has 0 bridgehead atoms. The molecule has 0 amide bonds. The summed E-state index contributed by atoms with van der Waals surface area (Å²) in [4.78, 5) is 0. The minimum atomic E-state index is 0.491. The molecule has 1 heterocycles. The molecule has 2 fully saturated rings. The maximum atomic E-state index is 6.22. The van der Waals surface area contributed by atoms with E-state index in [2.05, 4.69) is 12.2 Å². The highest BCUT2D eigenvalue weighted by atomic mass is 16.5. The number of rotatable bonds is 7. The first-order valence-corrected chi connectivity index (χ1v) is 8.33. The van der Waals surface area contributed by atoms with Crippen molar-refractivity contribution >= 4 is 0 Å². The Hall–Kier alpha value is -0.120. The van der Waals surface area contributed by atoms with Gasteiger partial charge in [-0.05, 0) is 32.2 Å². The molecule has 0 spiro atoms. The van der Waals surface area contributed by atoms with Crippen LogP contribution in [-0.4, -0.2) is 38.5 Å². The van der Waals surface area contributed by atoms with E-state index in [1.54, 1.807) is 0 Å². The van der Waals surface area contributed by atoms with E-state index in [9.17, 15) is 0 Å². The van der Waals surface area contributed by atoms with Crippen LogP contribution >= 0.6 is 0 Å². The predicted molar refractivity (Wildman–Crippen MR) is 78.4 cm³/mol. The first kappa shape index (κ1) is 15.3. The van der Waals surface area contributed by atoms with Crippen LogP contribution in [0.25, 0.3) is 0 Å². The van der Waals surface area contributed by atoms with Gasteiger partial charge in [-0.3, -0.25) is 0 Å². The van der Waals surface area contributed by atoms with E-state index in [1.165, 1.54) is 51.4 Å². The molecule has 2 atom stereocenters. The largest absolute Gasteiger partial charge is 0.381 e. The summed E-state index contributed by atoms with van der Waals surface area (Å²) in [6, 6.07) is 0.491. The Morgan fingerprint density at radius 3 is 2.58 bits per heavy atom. The highest BCUT2D eigenvalue weighted by Crippen LogP contribution is 2.22. The minimum absolute atomic E-state index is 0.491. The van der Waals surface area contributed by atoms with E-state index in [0.717, 1.165) is 26.4 Å². The fourth-order valence-electron chi connectivity index (χ4n) is 3.21. The van der Waals surface area contributed by atoms with Gasteiger partial charge in [0.15, 0.2) is 0 Å². The molecule has 0 aromatic carbocycles. The van der Waals surface area contributed by atoms with E-state index in [4.69, 9.17) is 9.47 Å². The van der Waals surface area contributed by atoms with Crippen molar-refractivity contribution in [1.82, 2.24) is 5.32 Å². The van der Waals surface area contributed by atoms with Crippen molar-refractivity contribution in [3.05, 3.63) is 0 Å². The Morgan fingerprint density at radius 2 is 1.95 bits per heavy atom. The molecular weight excluding hydrogens is 238 g/mol. The second kappa shape index (κ2) is 8.93. The Kier molecular flexibility index (Phi) is 7.18. The Bertz CT molecular complexity index is 221. The average Bonchev–Trinajstić information content (AvgIpc) is 2.83. The molecule has 1 saturated carbocycles. The first-order valence-electron chi connectivity index (χ1n) is 8.33. The van der Waals surface area contributed by atoms with Crippen molar-refractivity contribution in [3.63, 3.8) is 0 Å². The van der Waals surface area contributed by atoms with E-state index in [1.807, 2.05) is 0 Å². The van der Waals surface area contributed by atoms with Gasteiger partial charge in [0.05, 0.1) is 19.3 Å². The predicted octanol–water partition coefficient (Wildman–Crippen LogP) is 3.13. The third kappa shape index (κ3) is 5.41. The summed E-state index contributed by atoms with van der Waals surface area (Å²) in [6.45, 7) is 6.03. The quantitative estimate of drug-likeness (QED) is 0.720. The lowest BCUT2D eigenvalue weighted by molar-refractivity contribution is 0.0177. The second-order valence-corrected chi connectivity index (χ2v) is 6.13. The van der Waals surface area contributed by atoms with Crippen molar-refractivity contribution in [2.24, 2.45) is 5.92 Å². The summed E-state index contributed by atoms with van der Waals surface area (Å²) < 4.78 is 11.8. The molecule has 3 nitrogen and oxygen atoms in total. The summed E-state index contributed by atoms with van der Waals surface area (Å²) in [5, 5.41) is 3.66. The van der Waals surface area contributed by atoms with E-state index in [-0.39, 0.29) is 0 Å². The van der Waals surface area contributed by atoms with Crippen LogP contribution in [0.4, 0.5) is 0 Å². The molecule has 2 rings (SSSR count). The van der Waals surface area contributed by atoms with Gasteiger partial charge < -0.3 is 14.8 Å². The average molecular weight is 269 g/mol. The van der Waals surface area contributed by atoms with Gasteiger partial charge in [0, 0.05) is 18.6 Å². The summed E-state index contributed by atoms with van der Waals surface area (Å²) in [6.07, 6.45) is 10.9. The molecule has 0 aromatic rings. The zero-order valence-electron chi connectivity index (χ0n) is 12.5. The lowest BCUT2D eigenvalue weighted by Crippen LogP contribution is -2.41. The smallest absolute Gasteiger partial charge is 0.0626 e. The SMILES string of the molecule is CCCNC(COC1CCCCCC1)C1CCOC1. The molecule has 112 valence electrons. The van der Waals surface area contributed by atoms with Crippen molar-refractivity contribution in [2.45, 2.75) is 70.4 Å². The zero-order valence-corrected chi connectivity index (χ0v) is 12.5. The summed E-state index contributed by atoms with van der Waals surface area (Å²) in [7, 11) is 0. The second-order valence-electron chi connectivity index (χ2n) is 6.13. The van der Waals surface area contributed by atoms with Gasteiger partial charge in [-0.15, -0.1) is 0 Å². The number of ether oxygens (including phenoxy) is 2. The molecule has 0 radical (unpaired) electrons. The molecular formula is C16H31NO2. The Morgan fingerprint density at radius 1 is 1.16 bits per heavy atom. The number of nitrogens with one attached hydrogen (secondary N) is 1. The summed E-state index contributed by atoms with van der Waals surface area (Å²) in [5.74, 6) is 0.650. The van der Waals surface area contributed by atoms with Crippen molar-refractivity contribution in [3.8, 4) is 0 Å². The minimum Gasteiger partial charge on any atom is -0.381 e. The third-order valence-electron chi connectivity index (χ3n) is 4.50. The highest BCUT2D eigenvalue weighted by Gasteiger charge is 2.26. The van der Waals surface area contributed by atoms with E-state index >= 15 is 0 Å². The van der Waals surface area contributed by atoms with Crippen LogP contribution < -0.4 is 5.32 Å². The molecule has 1 N–H and O–H groups in total. The van der Waals surface area contributed by atoms with Crippen LogP contribution in [0, 0.1) is 5.92 Å². The third-order valence-corrected chi connectivity index (χ3v) is 4.50. The lowest BCUT2D eigenvalue weighted by atomic mass is 9.99. The van der Waals surface area contributed by atoms with Crippen LogP contribution in [0.15, 0.2) is 0 Å². The zero-order chi connectivity index (χ0) is 13.3. The molecule has 1 aliphatic heterocycles. The molecule has 19 heavy (non-hydrogen) atoms. The maximum absolute atomic E-state index is 6.22. The molecule has 2 aliphatic rings. The molecule has 2 unspecified atom stereocenters. The molecule has 1 aliphatic carbocycles. The highest BCUT2D eigenvalue weighted by molar-refractivity contribution is 4.80. The normalized spacial score (nSPS) is 27.3. The number of hydrogen-bond donors (Lipinski definition) is 1. The standard InChI is InChI=1S/C16H31NO2/c1-2-10-17-16(14-9-11-18-12-14)13-19-15-7-5-3-4-6-8-15/h14-17H,2-13H2,1H3. The van der Waals surface area contributed by atoms with Crippen molar-refractivity contribution < 1.29 is 9.47 Å². The van der Waals surface area contributed by atoms with Gasteiger partial charge in [-0.25, -0.2) is 0 Å². The molecule has 0 aromatic heterocycles. The van der Waals surface area contributed by atoms with E-state index in [0.29, 0.717) is 18.1 Å². The maximum Gasteiger partial charge on any atom is 0.0626 e. The van der Waals surface area contributed by atoms with Crippen LogP contribution in [0.1, 0.15) is 58.3 Å². The van der Waals surface area contributed by atoms with Gasteiger partial charge in [0.2, 0.25) is 0 Å². The van der Waals surface area contributed by atoms with Crippen LogP contribution in [0.2, 0.25) is 0 Å². The van der Waals surface area contributed by atoms with E-state index < -0.39 is 0 Å². The molecule has 1 saturated heterocycles. The van der Waals surface area contributed by atoms with Gasteiger partial charge >= 0.3 is 0 Å². The van der Waals surface area contributed by atoms with Gasteiger partial charge in [-0.1, -0.05) is 32.6 Å². The number of hydrogen-bond acceptors (Lipinski definition) is 3. The monoisotopic (exact) mass is 269 g/mol. The topological polar surface area (TPSA) is 30.5 Å². The van der Waals surface area contributed by atoms with Crippen LogP contribution in [-0.2, 0) is 9.47 Å². The van der Waals surface area contributed by atoms with Gasteiger partial charge in [0.1, 0.15) is 0 Å². The Labute approximate surface area is 118 Å². The van der Waals surface area contributed by atoms with Crippen molar-refractivity contribution in [1.29, 1.82) is 0 Å². The van der Waals surface area contributed by atoms with Crippen LogP contribution in [0.3, 0.4) is 0 Å². The molecule has 3 heteroatoms. The first-order chi connectivity index (χ1) is 9.40. The summed E-state index contributed by atoms with van der Waals surface area (Å²) >= 11 is 0. The van der Waals surface area contributed by atoms with Gasteiger partial charge in [-0.2, -0.15) is 0 Å².